The largest absolute Gasteiger partial charge is 0.345 e. The first-order valence-electron chi connectivity index (χ1n) is 5.16. The van der Waals surface area contributed by atoms with E-state index in [2.05, 4.69) is 21.0 Å². The van der Waals surface area contributed by atoms with Crippen LogP contribution in [-0.2, 0) is 0 Å². The quantitative estimate of drug-likeness (QED) is 0.539. The van der Waals surface area contributed by atoms with Crippen LogP contribution in [0.5, 0.6) is 0 Å². The second kappa shape index (κ2) is 5.93. The molecule has 0 atom stereocenters. The first-order valence-corrected chi connectivity index (χ1v) is 5.54. The van der Waals surface area contributed by atoms with Gasteiger partial charge in [0.25, 0.3) is 0 Å². The summed E-state index contributed by atoms with van der Waals surface area (Å²) in [5.41, 5.74) is 1.42. The van der Waals surface area contributed by atoms with E-state index in [1.165, 1.54) is 6.20 Å². The third-order valence-electron chi connectivity index (χ3n) is 2.19. The molecule has 0 fully saturated rings. The summed E-state index contributed by atoms with van der Waals surface area (Å²) in [5, 5.41) is 1.39. The van der Waals surface area contributed by atoms with E-state index in [1.807, 2.05) is 12.1 Å². The number of rotatable bonds is 1. The molecule has 0 saturated heterocycles. The van der Waals surface area contributed by atoms with Gasteiger partial charge >= 0.3 is 0 Å². The number of nitrogens with zero attached hydrogens (tertiary/aromatic N) is 2. The van der Waals surface area contributed by atoms with Crippen molar-refractivity contribution in [2.24, 2.45) is 0 Å². The molecule has 3 aromatic heterocycles. The van der Waals surface area contributed by atoms with Crippen molar-refractivity contribution in [3.63, 3.8) is 0 Å². The highest BCUT2D eigenvalue weighted by atomic mass is 35.5. The number of halogens is 1. The van der Waals surface area contributed by atoms with Crippen LogP contribution in [0.15, 0.2) is 42.9 Å². The molecule has 0 unspecified atom stereocenters. The molecule has 0 saturated carbocycles. The predicted molar refractivity (Wildman–Crippen MR) is 69.6 cm³/mol. The smallest absolute Gasteiger partial charge is 0.152 e. The number of carbonyl (C=O) groups excluding carboxylic acids is 1. The Kier molecular flexibility index (Phi) is 4.04. The monoisotopic (exact) mass is 258 g/mol. The Morgan fingerprint density at radius 2 is 2.22 bits per heavy atom. The van der Waals surface area contributed by atoms with Crippen molar-refractivity contribution in [3.05, 3.63) is 59.6 Å². The zero-order chi connectivity index (χ0) is 12.8. The molecule has 0 bridgehead atoms. The van der Waals surface area contributed by atoms with Crippen molar-refractivity contribution in [2.75, 3.05) is 0 Å². The number of aromatic amines is 1. The van der Waals surface area contributed by atoms with Gasteiger partial charge < -0.3 is 4.98 Å². The summed E-state index contributed by atoms with van der Waals surface area (Å²) < 4.78 is 0. The fourth-order valence-electron chi connectivity index (χ4n) is 1.38. The summed E-state index contributed by atoms with van der Waals surface area (Å²) in [5.74, 6) is 0. The molecule has 1 radical (unpaired) electrons. The lowest BCUT2D eigenvalue weighted by Crippen LogP contribution is -1.75. The molecule has 0 aliphatic rings. The van der Waals surface area contributed by atoms with E-state index in [1.54, 1.807) is 24.5 Å². The second-order valence-electron chi connectivity index (χ2n) is 3.34. The Bertz CT molecular complexity index is 637. The van der Waals surface area contributed by atoms with E-state index in [4.69, 9.17) is 11.6 Å². The number of aromatic nitrogens is 3. The number of nitrogens with one attached hydrogen (secondary N) is 1. The highest BCUT2D eigenvalue weighted by Gasteiger charge is 2.00. The minimum atomic E-state index is 0.513. The van der Waals surface area contributed by atoms with Crippen LogP contribution in [0.3, 0.4) is 0 Å². The molecule has 4 nitrogen and oxygen atoms in total. The van der Waals surface area contributed by atoms with E-state index in [0.29, 0.717) is 10.7 Å². The van der Waals surface area contributed by atoms with Gasteiger partial charge in [0.15, 0.2) is 6.29 Å². The van der Waals surface area contributed by atoms with Crippen LogP contribution in [0.2, 0.25) is 5.15 Å². The van der Waals surface area contributed by atoms with Crippen LogP contribution in [-0.4, -0.2) is 21.2 Å². The van der Waals surface area contributed by atoms with Gasteiger partial charge in [-0.05, 0) is 24.3 Å². The maximum atomic E-state index is 10.4. The Morgan fingerprint density at radius 3 is 2.83 bits per heavy atom. The minimum Gasteiger partial charge on any atom is -0.345 e. The number of aldehydes is 1. The first kappa shape index (κ1) is 12.3. The van der Waals surface area contributed by atoms with Crippen molar-refractivity contribution in [1.29, 1.82) is 0 Å². The average Bonchev–Trinajstić information content (AvgIpc) is 2.83. The summed E-state index contributed by atoms with van der Waals surface area (Å²) >= 11 is 5.41. The van der Waals surface area contributed by atoms with Gasteiger partial charge in [-0.15, -0.1) is 0 Å². The molecule has 18 heavy (non-hydrogen) atoms. The number of carbonyl (C=O) groups is 1. The van der Waals surface area contributed by atoms with E-state index in [-0.39, 0.29) is 0 Å². The van der Waals surface area contributed by atoms with Gasteiger partial charge in [0.2, 0.25) is 0 Å². The number of fused-ring (bicyclic) bond motifs is 1. The third-order valence-corrected chi connectivity index (χ3v) is 2.41. The molecule has 3 aromatic rings. The molecule has 1 N–H and O–H groups in total. The minimum absolute atomic E-state index is 0.513. The molecule has 3 heterocycles. The molecular formula is C13H9ClN3O. The van der Waals surface area contributed by atoms with E-state index in [9.17, 15) is 4.79 Å². The molecule has 0 aliphatic carbocycles. The van der Waals surface area contributed by atoms with Crippen molar-refractivity contribution in [2.45, 2.75) is 0 Å². The molecule has 0 aromatic carbocycles. The van der Waals surface area contributed by atoms with Crippen molar-refractivity contribution in [1.82, 2.24) is 15.0 Å². The van der Waals surface area contributed by atoms with Gasteiger partial charge in [0.05, 0.1) is 0 Å². The van der Waals surface area contributed by atoms with Crippen molar-refractivity contribution < 1.29 is 4.79 Å². The molecule has 0 aliphatic heterocycles. The maximum Gasteiger partial charge on any atom is 0.152 e. The Balaban J connectivity index is 0.000000149. The van der Waals surface area contributed by atoms with Crippen LogP contribution >= 0.6 is 11.6 Å². The highest BCUT2D eigenvalue weighted by molar-refractivity contribution is 6.29. The zero-order valence-corrected chi connectivity index (χ0v) is 10.1. The lowest BCUT2D eigenvalue weighted by atomic mass is 10.2. The van der Waals surface area contributed by atoms with Gasteiger partial charge in [-0.1, -0.05) is 11.6 Å². The van der Waals surface area contributed by atoms with Crippen LogP contribution in [0.4, 0.5) is 0 Å². The lowest BCUT2D eigenvalue weighted by molar-refractivity contribution is 0.112. The SMILES string of the molecule is Clc1cc[c]cn1.O=Cc1c[nH]c2ncccc12. The summed E-state index contributed by atoms with van der Waals surface area (Å²) in [7, 11) is 0. The zero-order valence-electron chi connectivity index (χ0n) is 9.30. The molecular weight excluding hydrogens is 250 g/mol. The molecule has 5 heteroatoms. The van der Waals surface area contributed by atoms with E-state index in [0.717, 1.165) is 17.3 Å². The van der Waals surface area contributed by atoms with Crippen LogP contribution in [0, 0.1) is 6.07 Å². The Labute approximate surface area is 109 Å². The number of pyridine rings is 2. The summed E-state index contributed by atoms with van der Waals surface area (Å²) in [6.07, 6.45) is 5.70. The number of hydrogen-bond acceptors (Lipinski definition) is 3. The summed E-state index contributed by atoms with van der Waals surface area (Å²) in [4.78, 5) is 21.1. The third kappa shape index (κ3) is 2.93. The van der Waals surface area contributed by atoms with E-state index < -0.39 is 0 Å². The van der Waals surface area contributed by atoms with Gasteiger partial charge in [0, 0.05) is 35.6 Å². The second-order valence-corrected chi connectivity index (χ2v) is 3.73. The van der Waals surface area contributed by atoms with Gasteiger partial charge in [-0.25, -0.2) is 9.97 Å². The van der Waals surface area contributed by atoms with Crippen LogP contribution in [0.1, 0.15) is 10.4 Å². The fourth-order valence-corrected chi connectivity index (χ4v) is 1.49. The predicted octanol–water partition coefficient (Wildman–Crippen LogP) is 2.91. The number of hydrogen-bond donors (Lipinski definition) is 1. The summed E-state index contributed by atoms with van der Waals surface area (Å²) in [6, 6.07) is 9.81. The highest BCUT2D eigenvalue weighted by Crippen LogP contribution is 2.12. The Morgan fingerprint density at radius 1 is 1.33 bits per heavy atom. The normalized spacial score (nSPS) is 9.61. The topological polar surface area (TPSA) is 58.6 Å². The fraction of sp³-hybridized carbons (Fsp3) is 0. The van der Waals surface area contributed by atoms with Crippen molar-refractivity contribution in [3.8, 4) is 0 Å². The van der Waals surface area contributed by atoms with Gasteiger partial charge in [-0.3, -0.25) is 4.79 Å². The van der Waals surface area contributed by atoms with Crippen LogP contribution < -0.4 is 0 Å². The summed E-state index contributed by atoms with van der Waals surface area (Å²) in [6.45, 7) is 0. The average molecular weight is 259 g/mol. The van der Waals surface area contributed by atoms with Crippen molar-refractivity contribution >= 4 is 28.9 Å². The van der Waals surface area contributed by atoms with Gasteiger partial charge in [-0.2, -0.15) is 0 Å². The Hall–Kier alpha value is -2.20. The number of H-pyrrole nitrogens is 1. The van der Waals surface area contributed by atoms with Crippen LogP contribution in [0.25, 0.3) is 11.0 Å². The molecule has 89 valence electrons. The van der Waals surface area contributed by atoms with E-state index >= 15 is 0 Å². The van der Waals surface area contributed by atoms with Gasteiger partial charge in [0.1, 0.15) is 10.8 Å². The lowest BCUT2D eigenvalue weighted by Gasteiger charge is -1.85. The molecule has 0 spiro atoms. The molecule has 0 amide bonds. The first-order chi connectivity index (χ1) is 8.81. The molecule has 3 rings (SSSR count). The standard InChI is InChI=1S/C8H6N2O.C5H3ClN/c11-5-6-4-10-8-7(6)2-1-3-9-8;6-5-3-1-2-4-7-5/h1-5H,(H,9,10);1,3-4H. The maximum absolute atomic E-state index is 10.4.